The van der Waals surface area contributed by atoms with E-state index in [4.69, 9.17) is 5.73 Å². The summed E-state index contributed by atoms with van der Waals surface area (Å²) in [5, 5.41) is 36.3. The van der Waals surface area contributed by atoms with E-state index in [0.717, 1.165) is 24.3 Å². The average molecular weight is 513 g/mol. The molecule has 0 aliphatic rings. The van der Waals surface area contributed by atoms with Gasteiger partial charge in [0, 0.05) is 41.4 Å². The molecule has 190 valence electrons. The highest BCUT2D eigenvalue weighted by atomic mass is 16.3. The van der Waals surface area contributed by atoms with Crippen molar-refractivity contribution in [2.75, 3.05) is 16.4 Å². The van der Waals surface area contributed by atoms with E-state index in [1.54, 1.807) is 36.4 Å². The lowest BCUT2D eigenvalue weighted by Crippen LogP contribution is -2.12. The molecule has 0 aliphatic carbocycles. The lowest BCUT2D eigenvalue weighted by Gasteiger charge is -2.08. The van der Waals surface area contributed by atoms with Crippen molar-refractivity contribution in [1.29, 1.82) is 0 Å². The number of pyridine rings is 2. The zero-order valence-corrected chi connectivity index (χ0v) is 19.4. The van der Waals surface area contributed by atoms with Crippen molar-refractivity contribution in [3.8, 4) is 17.6 Å². The van der Waals surface area contributed by atoms with Crippen LogP contribution in [-0.2, 0) is 0 Å². The van der Waals surface area contributed by atoms with Crippen molar-refractivity contribution < 1.29 is 24.9 Å². The Hall–Kier alpha value is -5.85. The number of carbonyl (C=O) groups excluding carboxylic acids is 2. The summed E-state index contributed by atoms with van der Waals surface area (Å²) < 4.78 is 0. The van der Waals surface area contributed by atoms with Gasteiger partial charge in [-0.25, -0.2) is 0 Å². The molecule has 0 radical (unpaired) electrons. The predicted molar refractivity (Wildman–Crippen MR) is 139 cm³/mol. The lowest BCUT2D eigenvalue weighted by molar-refractivity contribution is 0.101. The van der Waals surface area contributed by atoms with Crippen LogP contribution in [-0.4, -0.2) is 43.3 Å². The van der Waals surface area contributed by atoms with Crippen molar-refractivity contribution in [2.24, 2.45) is 10.2 Å². The van der Waals surface area contributed by atoms with Gasteiger partial charge in [0.15, 0.2) is 0 Å². The molecule has 0 saturated heterocycles. The van der Waals surface area contributed by atoms with Crippen LogP contribution in [0.15, 0.2) is 76.9 Å². The van der Waals surface area contributed by atoms with Crippen molar-refractivity contribution in [3.63, 3.8) is 0 Å². The summed E-state index contributed by atoms with van der Waals surface area (Å²) in [6.45, 7) is 0. The van der Waals surface area contributed by atoms with Gasteiger partial charge in [0.25, 0.3) is 11.8 Å². The second-order valence-corrected chi connectivity index (χ2v) is 7.80. The molecule has 2 amide bonds. The predicted octanol–water partition coefficient (Wildman–Crippen LogP) is 3.83. The molecular weight excluding hydrogens is 494 g/mol. The Balaban J connectivity index is 1.44. The highest BCUT2D eigenvalue weighted by molar-refractivity contribution is 6.05. The number of nitroso groups, excluding NO2 is 1. The minimum absolute atomic E-state index is 0.0151. The third-order valence-electron chi connectivity index (χ3n) is 5.02. The number of nitrogens with zero attached hydrogens (tertiary/aromatic N) is 4. The van der Waals surface area contributed by atoms with Gasteiger partial charge in [0.05, 0.1) is 16.9 Å². The van der Waals surface area contributed by atoms with Crippen LogP contribution < -0.4 is 16.4 Å². The summed E-state index contributed by atoms with van der Waals surface area (Å²) in [4.78, 5) is 46.8. The Morgan fingerprint density at radius 3 is 1.95 bits per heavy atom. The number of hydrogen-bond acceptors (Lipinski definition) is 11. The molecule has 2 heterocycles. The Morgan fingerprint density at radius 2 is 1.32 bits per heavy atom. The van der Waals surface area contributed by atoms with Gasteiger partial charge in [0.2, 0.25) is 23.5 Å². The van der Waals surface area contributed by atoms with E-state index in [0.29, 0.717) is 28.3 Å². The molecule has 13 nitrogen and oxygen atoms in total. The van der Waals surface area contributed by atoms with Crippen LogP contribution in [0.25, 0.3) is 0 Å². The molecule has 0 saturated carbocycles. The van der Waals surface area contributed by atoms with Gasteiger partial charge < -0.3 is 31.7 Å². The zero-order chi connectivity index (χ0) is 27.2. The maximum Gasteiger partial charge on any atom is 0.256 e. The summed E-state index contributed by atoms with van der Waals surface area (Å²) in [5.41, 5.74) is 8.24. The first-order valence-electron chi connectivity index (χ1n) is 10.8. The number of aliphatic imine (C=N–C) groups is 1. The first-order valence-corrected chi connectivity index (χ1v) is 10.8. The second-order valence-electron chi connectivity index (χ2n) is 7.80. The summed E-state index contributed by atoms with van der Waals surface area (Å²) in [7, 11) is 0. The summed E-state index contributed by atoms with van der Waals surface area (Å²) in [6, 6.07) is 15.8. The maximum atomic E-state index is 12.5. The van der Waals surface area contributed by atoms with E-state index in [1.807, 2.05) is 0 Å². The van der Waals surface area contributed by atoms with Gasteiger partial charge >= 0.3 is 0 Å². The quantitative estimate of drug-likeness (QED) is 0.120. The Bertz CT molecular complexity index is 1550. The van der Waals surface area contributed by atoms with Crippen LogP contribution in [0.3, 0.4) is 0 Å². The van der Waals surface area contributed by atoms with Crippen molar-refractivity contribution in [3.05, 3.63) is 88.3 Å². The number of aromatic nitrogens is 2. The van der Waals surface area contributed by atoms with Gasteiger partial charge in [-0.15, -0.1) is 4.91 Å². The van der Waals surface area contributed by atoms with E-state index in [2.05, 4.69) is 30.8 Å². The molecule has 0 spiro atoms. The van der Waals surface area contributed by atoms with Gasteiger partial charge in [-0.3, -0.25) is 14.6 Å². The number of nitrogens with two attached hydrogens (primary N) is 1. The van der Waals surface area contributed by atoms with E-state index >= 15 is 0 Å². The number of hydrogen-bond donors (Lipinski definition) is 6. The Morgan fingerprint density at radius 1 is 0.763 bits per heavy atom. The number of carbonyl (C=O) groups is 2. The van der Waals surface area contributed by atoms with Crippen LogP contribution >= 0.6 is 0 Å². The molecule has 2 aromatic carbocycles. The van der Waals surface area contributed by atoms with Crippen molar-refractivity contribution in [2.45, 2.75) is 0 Å². The zero-order valence-electron chi connectivity index (χ0n) is 19.4. The monoisotopic (exact) mass is 513 g/mol. The molecule has 2 aromatic heterocycles. The number of amides is 2. The third-order valence-corrected chi connectivity index (χ3v) is 5.02. The molecule has 0 unspecified atom stereocenters. The lowest BCUT2D eigenvalue weighted by atomic mass is 10.2. The largest absolute Gasteiger partial charge is 0.493 e. The molecule has 0 aliphatic heterocycles. The van der Waals surface area contributed by atoms with Crippen LogP contribution in [0.1, 0.15) is 26.3 Å². The number of rotatable bonds is 7. The number of nitrogens with one attached hydrogen (secondary N) is 2. The highest BCUT2D eigenvalue weighted by Crippen LogP contribution is 2.27. The topological polar surface area (TPSA) is 212 Å². The SMILES string of the molecule is Nc1ccc(NC(=O)c2cc(O)nc(N=O)c2)cc1N=Cc1ccc(NC(=O)c2cc(O)nc(O)c2)cc1. The normalized spacial score (nSPS) is 10.7. The molecule has 13 heteroatoms. The van der Waals surface area contributed by atoms with Crippen molar-refractivity contribution in [1.82, 2.24) is 9.97 Å². The van der Waals surface area contributed by atoms with E-state index < -0.39 is 29.5 Å². The second kappa shape index (κ2) is 10.8. The van der Waals surface area contributed by atoms with Gasteiger partial charge in [0.1, 0.15) is 0 Å². The Labute approximate surface area is 214 Å². The molecule has 0 bridgehead atoms. The molecule has 0 atom stereocenters. The smallest absolute Gasteiger partial charge is 0.256 e. The minimum atomic E-state index is -0.609. The highest BCUT2D eigenvalue weighted by Gasteiger charge is 2.12. The summed E-state index contributed by atoms with van der Waals surface area (Å²) in [5.74, 6) is -2.97. The first-order chi connectivity index (χ1) is 18.2. The fraction of sp³-hybridized carbons (Fsp3) is 0. The first kappa shape index (κ1) is 25.2. The van der Waals surface area contributed by atoms with Crippen LogP contribution in [0, 0.1) is 4.91 Å². The number of anilines is 3. The standard InChI is InChI=1S/C25H19N7O6/c26-18-6-5-17(29-24(36)14-7-20(32-38)30-21(33)8-14)11-19(18)27-12-13-1-3-16(4-2-13)28-25(37)15-9-22(34)31-23(35)10-15/h1-12H,26H2,(H,28,37)(H,29,36)(H,30,33)(H2,31,34,35). The van der Waals surface area contributed by atoms with E-state index in [1.165, 1.54) is 12.3 Å². The van der Waals surface area contributed by atoms with Gasteiger partial charge in [-0.05, 0) is 47.1 Å². The minimum Gasteiger partial charge on any atom is -0.493 e. The molecule has 4 rings (SSSR count). The van der Waals surface area contributed by atoms with Crippen LogP contribution in [0.5, 0.6) is 17.6 Å². The third kappa shape index (κ3) is 6.23. The summed E-state index contributed by atoms with van der Waals surface area (Å²) >= 11 is 0. The van der Waals surface area contributed by atoms with E-state index in [9.17, 15) is 29.8 Å². The number of aromatic hydroxyl groups is 3. The molecule has 7 N–H and O–H groups in total. The Kier molecular flexibility index (Phi) is 7.19. The molecule has 4 aromatic rings. The number of nitrogen functional groups attached to an aromatic ring is 1. The molecular formula is C25H19N7O6. The average Bonchev–Trinajstić information content (AvgIpc) is 2.88. The fourth-order valence-electron chi connectivity index (χ4n) is 3.25. The van der Waals surface area contributed by atoms with Crippen LogP contribution in [0.4, 0.5) is 28.6 Å². The van der Waals surface area contributed by atoms with Crippen LogP contribution in [0.2, 0.25) is 0 Å². The fourth-order valence-corrected chi connectivity index (χ4v) is 3.25. The molecule has 0 fully saturated rings. The summed E-state index contributed by atoms with van der Waals surface area (Å²) in [6.07, 6.45) is 1.53. The number of benzene rings is 2. The molecule has 38 heavy (non-hydrogen) atoms. The van der Waals surface area contributed by atoms with Crippen molar-refractivity contribution >= 4 is 46.6 Å². The van der Waals surface area contributed by atoms with Gasteiger partial charge in [-0.1, -0.05) is 12.1 Å². The van der Waals surface area contributed by atoms with Gasteiger partial charge in [-0.2, -0.15) is 9.97 Å². The van der Waals surface area contributed by atoms with E-state index in [-0.39, 0.29) is 16.9 Å². The maximum absolute atomic E-state index is 12.5.